The Hall–Kier alpha value is -2.56. The summed E-state index contributed by atoms with van der Waals surface area (Å²) in [6.45, 7) is 0.337. The molecule has 0 bridgehead atoms. The molecule has 0 heterocycles. The summed E-state index contributed by atoms with van der Waals surface area (Å²) >= 11 is 0. The lowest BCUT2D eigenvalue weighted by atomic mass is 10.1. The van der Waals surface area contributed by atoms with Gasteiger partial charge < -0.3 is 14.4 Å². The fourth-order valence-electron chi connectivity index (χ4n) is 2.26. The third kappa shape index (κ3) is 4.45. The van der Waals surface area contributed by atoms with Crippen LogP contribution in [0.2, 0.25) is 0 Å². The van der Waals surface area contributed by atoms with Crippen molar-refractivity contribution in [3.05, 3.63) is 59.4 Å². The van der Waals surface area contributed by atoms with Crippen molar-refractivity contribution in [2.75, 3.05) is 21.3 Å². The number of nitrogens with zero attached hydrogens (tertiary/aromatic N) is 1. The second-order valence-electron chi connectivity index (χ2n) is 5.25. The van der Waals surface area contributed by atoms with Gasteiger partial charge in [-0.1, -0.05) is 18.2 Å². The summed E-state index contributed by atoms with van der Waals surface area (Å²) in [5.74, 6) is 0.433. The smallest absolute Gasteiger partial charge is 0.227 e. The van der Waals surface area contributed by atoms with E-state index in [1.54, 1.807) is 31.2 Å². The zero-order valence-electron chi connectivity index (χ0n) is 13.5. The van der Waals surface area contributed by atoms with E-state index in [0.29, 0.717) is 12.1 Å². The van der Waals surface area contributed by atoms with E-state index in [-0.39, 0.29) is 18.1 Å². The van der Waals surface area contributed by atoms with E-state index in [2.05, 4.69) is 0 Å². The topological polar surface area (TPSA) is 38.8 Å². The number of methoxy groups -OCH3 is 2. The molecule has 2 rings (SSSR count). The molecular formula is C18H20FNO3. The fourth-order valence-corrected chi connectivity index (χ4v) is 2.26. The first-order valence-electron chi connectivity index (χ1n) is 7.22. The van der Waals surface area contributed by atoms with Gasteiger partial charge in [-0.15, -0.1) is 0 Å². The molecule has 0 radical (unpaired) electrons. The standard InChI is InChI=1S/C18H20FNO3/c1-20(12-14-7-8-17(23-3)16(19)10-14)18(21)11-13-5-4-6-15(9-13)22-2/h4-10H,11-12H2,1-3H3. The van der Waals surface area contributed by atoms with Gasteiger partial charge in [0.05, 0.1) is 20.6 Å². The molecule has 4 nitrogen and oxygen atoms in total. The molecule has 0 aliphatic rings. The number of carbonyl (C=O) groups is 1. The molecule has 0 N–H and O–H groups in total. The predicted octanol–water partition coefficient (Wildman–Crippen LogP) is 3.04. The Morgan fingerprint density at radius 1 is 1.09 bits per heavy atom. The van der Waals surface area contributed by atoms with E-state index in [1.165, 1.54) is 13.2 Å². The summed E-state index contributed by atoms with van der Waals surface area (Å²) in [6.07, 6.45) is 0.270. The summed E-state index contributed by atoms with van der Waals surface area (Å²) < 4.78 is 23.7. The Kier molecular flexibility index (Phi) is 5.57. The van der Waals surface area contributed by atoms with Gasteiger partial charge in [0.15, 0.2) is 11.6 Å². The Labute approximate surface area is 135 Å². The molecule has 2 aromatic rings. The van der Waals surface area contributed by atoms with Gasteiger partial charge in [0.1, 0.15) is 5.75 Å². The SMILES string of the molecule is COc1cccc(CC(=O)N(C)Cc2ccc(OC)c(F)c2)c1. The molecule has 0 saturated carbocycles. The number of carbonyl (C=O) groups excluding carboxylic acids is 1. The van der Waals surface area contributed by atoms with E-state index in [9.17, 15) is 9.18 Å². The first-order chi connectivity index (χ1) is 11.0. The van der Waals surface area contributed by atoms with E-state index in [4.69, 9.17) is 9.47 Å². The molecule has 0 saturated heterocycles. The summed E-state index contributed by atoms with van der Waals surface area (Å²) in [6, 6.07) is 12.1. The van der Waals surface area contributed by atoms with E-state index < -0.39 is 5.82 Å². The molecular weight excluding hydrogens is 297 g/mol. The van der Waals surface area contributed by atoms with Crippen LogP contribution in [0, 0.1) is 5.82 Å². The molecule has 0 spiro atoms. The first-order valence-corrected chi connectivity index (χ1v) is 7.22. The molecule has 1 amide bonds. The van der Waals surface area contributed by atoms with E-state index >= 15 is 0 Å². The van der Waals surface area contributed by atoms with Gasteiger partial charge in [0.2, 0.25) is 5.91 Å². The molecule has 0 fully saturated rings. The molecule has 0 aromatic heterocycles. The Morgan fingerprint density at radius 3 is 2.52 bits per heavy atom. The average Bonchev–Trinajstić information content (AvgIpc) is 2.55. The minimum Gasteiger partial charge on any atom is -0.497 e. The van der Waals surface area contributed by atoms with Crippen molar-refractivity contribution in [3.8, 4) is 11.5 Å². The van der Waals surface area contributed by atoms with Crippen molar-refractivity contribution in [1.29, 1.82) is 0 Å². The highest BCUT2D eigenvalue weighted by Crippen LogP contribution is 2.19. The quantitative estimate of drug-likeness (QED) is 0.822. The van der Waals surface area contributed by atoms with Gasteiger partial charge in [-0.3, -0.25) is 4.79 Å². The highest BCUT2D eigenvalue weighted by molar-refractivity contribution is 5.78. The number of hydrogen-bond donors (Lipinski definition) is 0. The van der Waals surface area contributed by atoms with Gasteiger partial charge >= 0.3 is 0 Å². The van der Waals surface area contributed by atoms with Gasteiger partial charge in [-0.25, -0.2) is 4.39 Å². The molecule has 0 unspecified atom stereocenters. The highest BCUT2D eigenvalue weighted by Gasteiger charge is 2.12. The fraction of sp³-hybridized carbons (Fsp3) is 0.278. The lowest BCUT2D eigenvalue weighted by Crippen LogP contribution is -2.27. The lowest BCUT2D eigenvalue weighted by molar-refractivity contribution is -0.129. The molecule has 5 heteroatoms. The number of ether oxygens (including phenoxy) is 2. The molecule has 2 aromatic carbocycles. The van der Waals surface area contributed by atoms with Crippen molar-refractivity contribution in [3.63, 3.8) is 0 Å². The number of amides is 1. The first kappa shape index (κ1) is 16.8. The molecule has 0 aliphatic heterocycles. The number of benzene rings is 2. The van der Waals surface area contributed by atoms with Crippen LogP contribution in [0.4, 0.5) is 4.39 Å². The van der Waals surface area contributed by atoms with Crippen LogP contribution in [-0.2, 0) is 17.8 Å². The number of halogens is 1. The minimum atomic E-state index is -0.432. The monoisotopic (exact) mass is 317 g/mol. The van der Waals surface area contributed by atoms with Gasteiger partial charge in [-0.05, 0) is 35.4 Å². The van der Waals surface area contributed by atoms with Crippen LogP contribution >= 0.6 is 0 Å². The summed E-state index contributed by atoms with van der Waals surface area (Å²) in [7, 11) is 4.71. The molecule has 0 atom stereocenters. The maximum Gasteiger partial charge on any atom is 0.227 e. The maximum atomic E-state index is 13.7. The second kappa shape index (κ2) is 7.63. The third-order valence-corrected chi connectivity index (χ3v) is 3.55. The third-order valence-electron chi connectivity index (χ3n) is 3.55. The van der Waals surface area contributed by atoms with Crippen LogP contribution in [0.5, 0.6) is 11.5 Å². The van der Waals surface area contributed by atoms with Crippen LogP contribution in [-0.4, -0.2) is 32.1 Å². The van der Waals surface area contributed by atoms with E-state index in [0.717, 1.165) is 11.3 Å². The van der Waals surface area contributed by atoms with Crippen LogP contribution in [0.15, 0.2) is 42.5 Å². The summed E-state index contributed by atoms with van der Waals surface area (Å²) in [5, 5.41) is 0. The minimum absolute atomic E-state index is 0.0468. The van der Waals surface area contributed by atoms with E-state index in [1.807, 2.05) is 24.3 Å². The van der Waals surface area contributed by atoms with Crippen molar-refractivity contribution < 1.29 is 18.7 Å². The van der Waals surface area contributed by atoms with Gasteiger partial charge in [0.25, 0.3) is 0 Å². The maximum absolute atomic E-state index is 13.7. The van der Waals surface area contributed by atoms with Gasteiger partial charge in [-0.2, -0.15) is 0 Å². The van der Waals surface area contributed by atoms with Crippen LogP contribution < -0.4 is 9.47 Å². The number of hydrogen-bond acceptors (Lipinski definition) is 3. The predicted molar refractivity (Wildman–Crippen MR) is 86.1 cm³/mol. The normalized spacial score (nSPS) is 10.3. The number of rotatable bonds is 6. The second-order valence-corrected chi connectivity index (χ2v) is 5.25. The Morgan fingerprint density at radius 2 is 1.87 bits per heavy atom. The van der Waals surface area contributed by atoms with Crippen molar-refractivity contribution >= 4 is 5.91 Å². The highest BCUT2D eigenvalue weighted by atomic mass is 19.1. The zero-order chi connectivity index (χ0) is 16.8. The Bertz CT molecular complexity index is 688. The molecule has 122 valence electrons. The van der Waals surface area contributed by atoms with Gasteiger partial charge in [0, 0.05) is 13.6 Å². The molecule has 0 aliphatic carbocycles. The number of likely N-dealkylation sites (N-methyl/N-ethyl adjacent to an activating group) is 1. The largest absolute Gasteiger partial charge is 0.497 e. The molecule has 23 heavy (non-hydrogen) atoms. The zero-order valence-corrected chi connectivity index (χ0v) is 13.5. The van der Waals surface area contributed by atoms with Crippen molar-refractivity contribution in [1.82, 2.24) is 4.90 Å². The summed E-state index contributed by atoms with van der Waals surface area (Å²) in [4.78, 5) is 13.9. The van der Waals surface area contributed by atoms with Crippen molar-refractivity contribution in [2.24, 2.45) is 0 Å². The van der Waals surface area contributed by atoms with Crippen LogP contribution in [0.1, 0.15) is 11.1 Å². The summed E-state index contributed by atoms with van der Waals surface area (Å²) in [5.41, 5.74) is 1.59. The van der Waals surface area contributed by atoms with Crippen LogP contribution in [0.3, 0.4) is 0 Å². The Balaban J connectivity index is 2.00. The average molecular weight is 317 g/mol. The lowest BCUT2D eigenvalue weighted by Gasteiger charge is -2.18. The van der Waals surface area contributed by atoms with Crippen molar-refractivity contribution in [2.45, 2.75) is 13.0 Å². The van der Waals surface area contributed by atoms with Crippen LogP contribution in [0.25, 0.3) is 0 Å².